The van der Waals surface area contributed by atoms with E-state index in [1.807, 2.05) is 12.1 Å². The van der Waals surface area contributed by atoms with E-state index in [2.05, 4.69) is 10.6 Å². The summed E-state index contributed by atoms with van der Waals surface area (Å²) in [5, 5.41) is 23.5. The van der Waals surface area contributed by atoms with Gasteiger partial charge in [-0.3, -0.25) is 10.1 Å². The Hall–Kier alpha value is -2.02. The lowest BCUT2D eigenvalue weighted by Crippen LogP contribution is -2.37. The molecule has 0 aromatic heterocycles. The molecule has 1 atom stereocenters. The number of rotatable bonds is 2. The summed E-state index contributed by atoms with van der Waals surface area (Å²) in [6.07, 6.45) is 0. The summed E-state index contributed by atoms with van der Waals surface area (Å²) >= 11 is 1.67. The molecule has 1 aliphatic rings. The van der Waals surface area contributed by atoms with Gasteiger partial charge in [0.2, 0.25) is 5.91 Å². The maximum Gasteiger partial charge on any atom is 0.242 e. The van der Waals surface area contributed by atoms with E-state index in [1.165, 1.54) is 12.1 Å². The largest absolute Gasteiger partial charge is 0.325 e. The molecule has 1 heterocycles. The van der Waals surface area contributed by atoms with Crippen LogP contribution in [-0.4, -0.2) is 23.6 Å². The second kappa shape index (κ2) is 5.54. The number of nitrogens with zero attached hydrogens (tertiary/aromatic N) is 2. The third kappa shape index (κ3) is 2.62. The first kappa shape index (κ1) is 12.4. The molecule has 1 aliphatic heterocycles. The zero-order valence-corrected chi connectivity index (χ0v) is 10.3. The van der Waals surface area contributed by atoms with Crippen LogP contribution in [0.3, 0.4) is 0 Å². The molecule has 1 amide bonds. The zero-order chi connectivity index (χ0) is 13.0. The Balaban J connectivity index is 2.13. The molecule has 0 spiro atoms. The number of thioether (sulfide) groups is 1. The van der Waals surface area contributed by atoms with Crippen molar-refractivity contribution in [3.63, 3.8) is 0 Å². The van der Waals surface area contributed by atoms with Crippen LogP contribution >= 0.6 is 11.8 Å². The molecular formula is C12H10N4OS. The van der Waals surface area contributed by atoms with E-state index in [9.17, 15) is 4.79 Å². The number of benzene rings is 1. The minimum absolute atomic E-state index is 0.117. The minimum atomic E-state index is -0.198. The van der Waals surface area contributed by atoms with E-state index in [0.717, 1.165) is 11.6 Å². The van der Waals surface area contributed by atoms with E-state index in [0.29, 0.717) is 11.3 Å². The van der Waals surface area contributed by atoms with Crippen molar-refractivity contribution in [2.24, 2.45) is 0 Å². The Labute approximate surface area is 109 Å². The Morgan fingerprint density at radius 1 is 1.39 bits per heavy atom. The van der Waals surface area contributed by atoms with Gasteiger partial charge in [0.1, 0.15) is 12.1 Å². The van der Waals surface area contributed by atoms with Crippen molar-refractivity contribution in [1.29, 1.82) is 10.5 Å². The van der Waals surface area contributed by atoms with Gasteiger partial charge in [0, 0.05) is 17.3 Å². The van der Waals surface area contributed by atoms with Gasteiger partial charge < -0.3 is 5.32 Å². The Morgan fingerprint density at radius 3 is 2.78 bits per heavy atom. The molecule has 1 saturated heterocycles. The van der Waals surface area contributed by atoms with Crippen molar-refractivity contribution in [2.75, 3.05) is 16.9 Å². The predicted octanol–water partition coefficient (Wildman–Crippen LogP) is 1.03. The van der Waals surface area contributed by atoms with Crippen LogP contribution in [0.1, 0.15) is 11.1 Å². The van der Waals surface area contributed by atoms with Crippen LogP contribution in [0.4, 0.5) is 5.69 Å². The fourth-order valence-electron chi connectivity index (χ4n) is 1.60. The van der Waals surface area contributed by atoms with Crippen LogP contribution in [0.2, 0.25) is 0 Å². The van der Waals surface area contributed by atoms with Crippen LogP contribution in [0.25, 0.3) is 0 Å². The monoisotopic (exact) mass is 258 g/mol. The first-order chi connectivity index (χ1) is 8.74. The number of carbonyl (C=O) groups is 1. The topological polar surface area (TPSA) is 88.7 Å². The molecule has 5 nitrogen and oxygen atoms in total. The van der Waals surface area contributed by atoms with Crippen LogP contribution in [0, 0.1) is 22.7 Å². The highest BCUT2D eigenvalue weighted by molar-refractivity contribution is 7.99. The summed E-state index contributed by atoms with van der Waals surface area (Å²) in [7, 11) is 0. The molecule has 1 aromatic carbocycles. The van der Waals surface area contributed by atoms with Crippen LogP contribution in [-0.2, 0) is 4.79 Å². The van der Waals surface area contributed by atoms with E-state index in [4.69, 9.17) is 10.5 Å². The number of anilines is 1. The molecule has 0 saturated carbocycles. The molecule has 0 bridgehead atoms. The molecule has 2 rings (SSSR count). The highest BCUT2D eigenvalue weighted by Gasteiger charge is 2.22. The fourth-order valence-corrected chi connectivity index (χ4v) is 2.55. The van der Waals surface area contributed by atoms with E-state index >= 15 is 0 Å². The lowest BCUT2D eigenvalue weighted by atomic mass is 10.1. The van der Waals surface area contributed by atoms with Gasteiger partial charge in [-0.1, -0.05) is 0 Å². The summed E-state index contributed by atoms with van der Waals surface area (Å²) < 4.78 is 0. The van der Waals surface area contributed by atoms with Crippen LogP contribution < -0.4 is 10.6 Å². The first-order valence-corrected chi connectivity index (χ1v) is 6.46. The third-order valence-electron chi connectivity index (χ3n) is 2.56. The van der Waals surface area contributed by atoms with Crippen molar-refractivity contribution in [2.45, 2.75) is 6.04 Å². The maximum absolute atomic E-state index is 11.8. The molecule has 0 aliphatic carbocycles. The zero-order valence-electron chi connectivity index (χ0n) is 9.43. The van der Waals surface area contributed by atoms with Gasteiger partial charge in [0.25, 0.3) is 0 Å². The highest BCUT2D eigenvalue weighted by Crippen LogP contribution is 2.16. The first-order valence-electron chi connectivity index (χ1n) is 5.31. The third-order valence-corrected chi connectivity index (χ3v) is 3.50. The average Bonchev–Trinajstić information content (AvgIpc) is 2.92. The second-order valence-electron chi connectivity index (χ2n) is 3.75. The lowest BCUT2D eigenvalue weighted by molar-refractivity contribution is -0.117. The van der Waals surface area contributed by atoms with E-state index in [1.54, 1.807) is 17.8 Å². The van der Waals surface area contributed by atoms with Gasteiger partial charge in [0.15, 0.2) is 0 Å². The van der Waals surface area contributed by atoms with Gasteiger partial charge in [-0.25, -0.2) is 0 Å². The van der Waals surface area contributed by atoms with Crippen molar-refractivity contribution in [1.82, 2.24) is 5.32 Å². The van der Waals surface area contributed by atoms with Crippen molar-refractivity contribution in [3.8, 4) is 12.1 Å². The van der Waals surface area contributed by atoms with Crippen molar-refractivity contribution >= 4 is 23.4 Å². The molecule has 90 valence electrons. The van der Waals surface area contributed by atoms with Gasteiger partial charge in [-0.15, -0.1) is 11.8 Å². The fraction of sp³-hybridized carbons (Fsp3) is 0.250. The summed E-state index contributed by atoms with van der Waals surface area (Å²) in [6.45, 7) is 0. The highest BCUT2D eigenvalue weighted by atomic mass is 32.2. The standard InChI is InChI=1S/C12H10N4OS/c13-4-8-1-2-10(3-9(8)5-14)16-12(17)11-6-18-7-15-11/h1-3,11,15H,6-7H2,(H,16,17). The number of hydrogen-bond donors (Lipinski definition) is 2. The smallest absolute Gasteiger partial charge is 0.242 e. The lowest BCUT2D eigenvalue weighted by Gasteiger charge is -2.10. The summed E-state index contributed by atoms with van der Waals surface area (Å²) in [5.74, 6) is 1.40. The quantitative estimate of drug-likeness (QED) is 0.827. The minimum Gasteiger partial charge on any atom is -0.325 e. The molecule has 18 heavy (non-hydrogen) atoms. The Morgan fingerprint density at radius 2 is 2.17 bits per heavy atom. The molecule has 0 radical (unpaired) electrons. The predicted molar refractivity (Wildman–Crippen MR) is 68.8 cm³/mol. The number of amides is 1. The molecule has 6 heteroatoms. The summed E-state index contributed by atoms with van der Waals surface area (Å²) in [4.78, 5) is 11.8. The van der Waals surface area contributed by atoms with Gasteiger partial charge in [0.05, 0.1) is 17.2 Å². The van der Waals surface area contributed by atoms with Crippen molar-refractivity contribution < 1.29 is 4.79 Å². The van der Waals surface area contributed by atoms with Gasteiger partial charge in [-0.05, 0) is 18.2 Å². The van der Waals surface area contributed by atoms with Crippen LogP contribution in [0.15, 0.2) is 18.2 Å². The SMILES string of the molecule is N#Cc1ccc(NC(=O)C2CSCN2)cc1C#N. The van der Waals surface area contributed by atoms with Gasteiger partial charge >= 0.3 is 0 Å². The van der Waals surface area contributed by atoms with E-state index in [-0.39, 0.29) is 17.5 Å². The number of hydrogen-bond acceptors (Lipinski definition) is 5. The normalized spacial score (nSPS) is 17.8. The van der Waals surface area contributed by atoms with Crippen molar-refractivity contribution in [3.05, 3.63) is 29.3 Å². The second-order valence-corrected chi connectivity index (χ2v) is 4.78. The summed E-state index contributed by atoms with van der Waals surface area (Å²) in [5.41, 5.74) is 1.11. The number of nitriles is 2. The van der Waals surface area contributed by atoms with Crippen LogP contribution in [0.5, 0.6) is 0 Å². The van der Waals surface area contributed by atoms with E-state index < -0.39 is 0 Å². The molecule has 1 fully saturated rings. The summed E-state index contributed by atoms with van der Waals surface area (Å²) in [6, 6.07) is 8.34. The number of carbonyl (C=O) groups excluding carboxylic acids is 1. The molecule has 2 N–H and O–H groups in total. The average molecular weight is 258 g/mol. The Bertz CT molecular complexity index is 552. The molecular weight excluding hydrogens is 248 g/mol. The Kier molecular flexibility index (Phi) is 3.83. The molecule has 1 unspecified atom stereocenters. The number of nitrogens with one attached hydrogen (secondary N) is 2. The maximum atomic E-state index is 11.8. The van der Waals surface area contributed by atoms with Gasteiger partial charge in [-0.2, -0.15) is 10.5 Å². The molecule has 1 aromatic rings.